The highest BCUT2D eigenvalue weighted by Crippen LogP contribution is 2.18. The number of nitrogens with zero attached hydrogens (tertiary/aromatic N) is 3. The largest absolute Gasteiger partial charge is 0.343 e. The Bertz CT molecular complexity index is 683. The van der Waals surface area contributed by atoms with Gasteiger partial charge in [-0.3, -0.25) is 14.7 Å². The number of carbonyl (C=O) groups excluding carboxylic acids is 1. The molecule has 2 heterocycles. The second kappa shape index (κ2) is 5.45. The number of rotatable bonds is 2. The summed E-state index contributed by atoms with van der Waals surface area (Å²) >= 11 is 0. The minimum atomic E-state index is -0.0458. The normalized spacial score (nSPS) is 20.2. The summed E-state index contributed by atoms with van der Waals surface area (Å²) in [5.74, 6) is 0.208. The number of aromatic nitrogens is 1. The van der Waals surface area contributed by atoms with Crippen molar-refractivity contribution in [1.82, 2.24) is 14.8 Å². The van der Waals surface area contributed by atoms with E-state index in [2.05, 4.69) is 34.1 Å². The Labute approximate surface area is 125 Å². The van der Waals surface area contributed by atoms with Crippen LogP contribution < -0.4 is 0 Å². The Morgan fingerprint density at radius 3 is 2.86 bits per heavy atom. The van der Waals surface area contributed by atoms with E-state index in [1.165, 1.54) is 5.56 Å². The zero-order chi connectivity index (χ0) is 15.0. The summed E-state index contributed by atoms with van der Waals surface area (Å²) in [6, 6.07) is 10.5. The first-order valence-corrected chi connectivity index (χ1v) is 7.40. The van der Waals surface area contributed by atoms with E-state index >= 15 is 0 Å². The van der Waals surface area contributed by atoms with Gasteiger partial charge < -0.3 is 4.90 Å². The molecule has 2 aromatic rings. The average Bonchev–Trinajstić information content (AvgIpc) is 2.48. The van der Waals surface area contributed by atoms with Gasteiger partial charge in [0, 0.05) is 37.8 Å². The summed E-state index contributed by atoms with van der Waals surface area (Å²) < 4.78 is 0. The highest BCUT2D eigenvalue weighted by molar-refractivity contribution is 5.82. The van der Waals surface area contributed by atoms with E-state index in [0.717, 1.165) is 36.2 Å². The van der Waals surface area contributed by atoms with Crippen molar-refractivity contribution in [2.75, 3.05) is 20.1 Å². The molecule has 0 N–H and O–H groups in total. The summed E-state index contributed by atoms with van der Waals surface area (Å²) in [5.41, 5.74) is 3.30. The molecule has 1 atom stereocenters. The van der Waals surface area contributed by atoms with Crippen LogP contribution >= 0.6 is 0 Å². The summed E-state index contributed by atoms with van der Waals surface area (Å²) in [5, 5.41) is 1.16. The molecule has 1 aromatic carbocycles. The van der Waals surface area contributed by atoms with E-state index in [4.69, 9.17) is 0 Å². The standard InChI is InChI=1S/C17H21N3O/c1-12-4-6-15-10-14(5-7-16(15)18-12)11-20-9-8-19(3)17(21)13(20)2/h4-7,10,13H,8-9,11H2,1-3H3/t13-/m1/s1. The number of benzene rings is 1. The number of hydrogen-bond acceptors (Lipinski definition) is 3. The third-order valence-electron chi connectivity index (χ3n) is 4.28. The molecule has 0 bridgehead atoms. The lowest BCUT2D eigenvalue weighted by molar-refractivity contribution is -0.139. The molecule has 4 heteroatoms. The minimum Gasteiger partial charge on any atom is -0.343 e. The van der Waals surface area contributed by atoms with Gasteiger partial charge in [0.05, 0.1) is 11.6 Å². The fourth-order valence-corrected chi connectivity index (χ4v) is 2.88. The van der Waals surface area contributed by atoms with Crippen molar-refractivity contribution in [2.45, 2.75) is 26.4 Å². The fraction of sp³-hybridized carbons (Fsp3) is 0.412. The molecular formula is C17H21N3O. The molecule has 0 radical (unpaired) electrons. The predicted molar refractivity (Wildman–Crippen MR) is 84.0 cm³/mol. The van der Waals surface area contributed by atoms with E-state index in [1.807, 2.05) is 31.9 Å². The summed E-state index contributed by atoms with van der Waals surface area (Å²) in [6.07, 6.45) is 0. The number of likely N-dealkylation sites (N-methyl/N-ethyl adjacent to an activating group) is 1. The van der Waals surface area contributed by atoms with Crippen LogP contribution in [0.2, 0.25) is 0 Å². The molecule has 1 fully saturated rings. The van der Waals surface area contributed by atoms with E-state index in [0.29, 0.717) is 0 Å². The van der Waals surface area contributed by atoms with Crippen molar-refractivity contribution in [3.63, 3.8) is 0 Å². The first-order chi connectivity index (χ1) is 10.0. The van der Waals surface area contributed by atoms with Crippen molar-refractivity contribution in [2.24, 2.45) is 0 Å². The van der Waals surface area contributed by atoms with Crippen LogP contribution in [0.3, 0.4) is 0 Å². The monoisotopic (exact) mass is 283 g/mol. The Morgan fingerprint density at radius 2 is 2.05 bits per heavy atom. The van der Waals surface area contributed by atoms with Gasteiger partial charge in [-0.05, 0) is 37.6 Å². The van der Waals surface area contributed by atoms with Crippen LogP contribution in [0, 0.1) is 6.92 Å². The molecule has 0 spiro atoms. The Balaban J connectivity index is 1.81. The number of piperazine rings is 1. The Hall–Kier alpha value is -1.94. The van der Waals surface area contributed by atoms with Crippen molar-refractivity contribution in [1.29, 1.82) is 0 Å². The first-order valence-electron chi connectivity index (χ1n) is 7.40. The molecule has 1 aliphatic heterocycles. The van der Waals surface area contributed by atoms with Gasteiger partial charge in [0.1, 0.15) is 0 Å². The molecule has 0 saturated carbocycles. The van der Waals surface area contributed by atoms with Gasteiger partial charge in [0.25, 0.3) is 0 Å². The third-order valence-corrected chi connectivity index (χ3v) is 4.28. The number of fused-ring (bicyclic) bond motifs is 1. The lowest BCUT2D eigenvalue weighted by Gasteiger charge is -2.37. The topological polar surface area (TPSA) is 36.4 Å². The molecule has 0 aliphatic carbocycles. The molecule has 1 aromatic heterocycles. The molecule has 1 saturated heterocycles. The molecule has 1 aliphatic rings. The SMILES string of the molecule is Cc1ccc2cc(CN3CCN(C)C(=O)[C@H]3C)ccc2n1. The highest BCUT2D eigenvalue weighted by atomic mass is 16.2. The zero-order valence-corrected chi connectivity index (χ0v) is 12.8. The van der Waals surface area contributed by atoms with Crippen LogP contribution in [0.25, 0.3) is 10.9 Å². The van der Waals surface area contributed by atoms with Gasteiger partial charge in [0.15, 0.2) is 0 Å². The predicted octanol–water partition coefficient (Wildman–Crippen LogP) is 2.21. The molecule has 3 rings (SSSR count). The number of hydrogen-bond donors (Lipinski definition) is 0. The van der Waals surface area contributed by atoms with Gasteiger partial charge >= 0.3 is 0 Å². The van der Waals surface area contributed by atoms with Gasteiger partial charge in [0.2, 0.25) is 5.91 Å². The summed E-state index contributed by atoms with van der Waals surface area (Å²) in [7, 11) is 1.88. The maximum Gasteiger partial charge on any atom is 0.239 e. The van der Waals surface area contributed by atoms with Crippen molar-refractivity contribution < 1.29 is 4.79 Å². The van der Waals surface area contributed by atoms with Gasteiger partial charge in [-0.25, -0.2) is 0 Å². The smallest absolute Gasteiger partial charge is 0.239 e. The molecule has 0 unspecified atom stereocenters. The number of amides is 1. The van der Waals surface area contributed by atoms with E-state index < -0.39 is 0 Å². The lowest BCUT2D eigenvalue weighted by atomic mass is 10.1. The van der Waals surface area contributed by atoms with Crippen LogP contribution in [0.15, 0.2) is 30.3 Å². The maximum absolute atomic E-state index is 12.0. The van der Waals surface area contributed by atoms with Crippen LogP contribution in [0.4, 0.5) is 0 Å². The van der Waals surface area contributed by atoms with Crippen LogP contribution in [0.1, 0.15) is 18.2 Å². The van der Waals surface area contributed by atoms with Crippen LogP contribution in [-0.2, 0) is 11.3 Å². The van der Waals surface area contributed by atoms with Gasteiger partial charge in [-0.15, -0.1) is 0 Å². The van der Waals surface area contributed by atoms with Crippen LogP contribution in [0.5, 0.6) is 0 Å². The van der Waals surface area contributed by atoms with Crippen molar-refractivity contribution in [3.05, 3.63) is 41.6 Å². The fourth-order valence-electron chi connectivity index (χ4n) is 2.88. The number of aryl methyl sites for hydroxylation is 1. The third kappa shape index (κ3) is 2.76. The Morgan fingerprint density at radius 1 is 1.24 bits per heavy atom. The van der Waals surface area contributed by atoms with E-state index in [-0.39, 0.29) is 11.9 Å². The van der Waals surface area contributed by atoms with E-state index in [1.54, 1.807) is 0 Å². The number of pyridine rings is 1. The summed E-state index contributed by atoms with van der Waals surface area (Å²) in [6.45, 7) is 6.53. The molecule has 21 heavy (non-hydrogen) atoms. The lowest BCUT2D eigenvalue weighted by Crippen LogP contribution is -2.53. The molecule has 4 nitrogen and oxygen atoms in total. The minimum absolute atomic E-state index is 0.0458. The highest BCUT2D eigenvalue weighted by Gasteiger charge is 2.28. The molecule has 1 amide bonds. The van der Waals surface area contributed by atoms with Gasteiger partial charge in [-0.1, -0.05) is 12.1 Å². The second-order valence-corrected chi connectivity index (χ2v) is 5.89. The molecular weight excluding hydrogens is 262 g/mol. The number of carbonyl (C=O) groups is 1. The van der Waals surface area contributed by atoms with Crippen molar-refractivity contribution in [3.8, 4) is 0 Å². The van der Waals surface area contributed by atoms with Crippen molar-refractivity contribution >= 4 is 16.8 Å². The zero-order valence-electron chi connectivity index (χ0n) is 12.8. The first kappa shape index (κ1) is 14.0. The molecule has 110 valence electrons. The second-order valence-electron chi connectivity index (χ2n) is 5.89. The average molecular weight is 283 g/mol. The Kier molecular flexibility index (Phi) is 3.64. The van der Waals surface area contributed by atoms with Gasteiger partial charge in [-0.2, -0.15) is 0 Å². The maximum atomic E-state index is 12.0. The van der Waals surface area contributed by atoms with Crippen LogP contribution in [-0.4, -0.2) is 46.9 Å². The quantitative estimate of drug-likeness (QED) is 0.848. The van der Waals surface area contributed by atoms with E-state index in [9.17, 15) is 4.79 Å². The summed E-state index contributed by atoms with van der Waals surface area (Å²) in [4.78, 5) is 20.6.